The molecular weight excluding hydrogens is 352 g/mol. The van der Waals surface area contributed by atoms with Crippen LogP contribution in [0, 0.1) is 0 Å². The van der Waals surface area contributed by atoms with E-state index in [-0.39, 0.29) is 17.0 Å². The zero-order valence-corrected chi connectivity index (χ0v) is 13.4. The average Bonchev–Trinajstić information content (AvgIpc) is 2.31. The van der Waals surface area contributed by atoms with Crippen LogP contribution in [0.5, 0.6) is 0 Å². The van der Waals surface area contributed by atoms with Crippen LogP contribution in [-0.2, 0) is 10.0 Å². The van der Waals surface area contributed by atoms with E-state index >= 15 is 0 Å². The van der Waals surface area contributed by atoms with Crippen molar-refractivity contribution in [3.05, 3.63) is 27.7 Å². The molecule has 19 heavy (non-hydrogen) atoms. The van der Waals surface area contributed by atoms with Gasteiger partial charge in [-0.2, -0.15) is 0 Å². The second kappa shape index (κ2) is 6.10. The van der Waals surface area contributed by atoms with E-state index in [2.05, 4.69) is 20.7 Å². The fourth-order valence-electron chi connectivity index (χ4n) is 2.21. The first kappa shape index (κ1) is 15.3. The second-order valence-electron chi connectivity index (χ2n) is 4.81. The molecule has 0 amide bonds. The van der Waals surface area contributed by atoms with Crippen LogP contribution in [0.3, 0.4) is 0 Å². The van der Waals surface area contributed by atoms with Crippen LogP contribution < -0.4 is 10.5 Å². The third kappa shape index (κ3) is 3.92. The van der Waals surface area contributed by atoms with Gasteiger partial charge in [-0.3, -0.25) is 0 Å². The number of nitrogens with one attached hydrogen (secondary N) is 1. The van der Waals surface area contributed by atoms with Gasteiger partial charge in [0.1, 0.15) is 0 Å². The standard InChI is InChI=1S/C12H16BrClN2O2S/c13-11-7-8(14)1-6-12(11)19(17,18)16-10-4-2-9(15)3-5-10/h1,6-7,9-10,16H,2-5,15H2. The van der Waals surface area contributed by atoms with Gasteiger partial charge < -0.3 is 5.73 Å². The summed E-state index contributed by atoms with van der Waals surface area (Å²) in [5.74, 6) is 0. The van der Waals surface area contributed by atoms with Crippen molar-refractivity contribution in [2.75, 3.05) is 0 Å². The maximum atomic E-state index is 12.3. The lowest BCUT2D eigenvalue weighted by Crippen LogP contribution is -2.40. The summed E-state index contributed by atoms with van der Waals surface area (Å²) in [6, 6.07) is 4.81. The van der Waals surface area contributed by atoms with Gasteiger partial charge in [-0.25, -0.2) is 13.1 Å². The fraction of sp³-hybridized carbons (Fsp3) is 0.500. The number of benzene rings is 1. The Kier molecular flexibility index (Phi) is 4.89. The first-order chi connectivity index (χ1) is 8.88. The Balaban J connectivity index is 2.14. The van der Waals surface area contributed by atoms with Crippen molar-refractivity contribution in [2.24, 2.45) is 5.73 Å². The molecule has 0 aromatic heterocycles. The molecule has 1 aliphatic rings. The minimum atomic E-state index is -3.52. The van der Waals surface area contributed by atoms with Crippen molar-refractivity contribution >= 4 is 37.6 Å². The molecule has 0 unspecified atom stereocenters. The van der Waals surface area contributed by atoms with E-state index in [1.165, 1.54) is 6.07 Å². The van der Waals surface area contributed by atoms with Gasteiger partial charge in [0, 0.05) is 21.6 Å². The third-order valence-corrected chi connectivity index (χ3v) is 6.01. The molecule has 3 N–H and O–H groups in total. The predicted octanol–water partition coefficient (Wildman–Crippen LogP) is 2.65. The smallest absolute Gasteiger partial charge is 0.241 e. The second-order valence-corrected chi connectivity index (χ2v) is 7.78. The Morgan fingerprint density at radius 1 is 1.26 bits per heavy atom. The minimum Gasteiger partial charge on any atom is -0.328 e. The van der Waals surface area contributed by atoms with Crippen molar-refractivity contribution in [1.29, 1.82) is 0 Å². The molecule has 0 saturated heterocycles. The monoisotopic (exact) mass is 366 g/mol. The first-order valence-electron chi connectivity index (χ1n) is 6.11. The molecule has 0 bridgehead atoms. The molecule has 0 radical (unpaired) electrons. The summed E-state index contributed by atoms with van der Waals surface area (Å²) in [6.45, 7) is 0. The van der Waals surface area contributed by atoms with Gasteiger partial charge in [0.25, 0.3) is 0 Å². The molecule has 1 aromatic rings. The highest BCUT2D eigenvalue weighted by Crippen LogP contribution is 2.26. The lowest BCUT2D eigenvalue weighted by Gasteiger charge is -2.26. The normalized spacial score (nSPS) is 24.4. The lowest BCUT2D eigenvalue weighted by atomic mass is 9.93. The molecule has 0 spiro atoms. The summed E-state index contributed by atoms with van der Waals surface area (Å²) < 4.78 is 27.8. The molecule has 7 heteroatoms. The summed E-state index contributed by atoms with van der Waals surface area (Å²) >= 11 is 9.05. The van der Waals surface area contributed by atoms with Crippen LogP contribution in [-0.4, -0.2) is 20.5 Å². The highest BCUT2D eigenvalue weighted by atomic mass is 79.9. The summed E-state index contributed by atoms with van der Waals surface area (Å²) in [4.78, 5) is 0.215. The number of hydrogen-bond donors (Lipinski definition) is 2. The van der Waals surface area contributed by atoms with Crippen LogP contribution in [0.2, 0.25) is 5.02 Å². The summed E-state index contributed by atoms with van der Waals surface area (Å²) in [5, 5.41) is 0.495. The topological polar surface area (TPSA) is 72.2 Å². The Labute approximate surface area is 126 Å². The molecule has 1 aliphatic carbocycles. The summed E-state index contributed by atoms with van der Waals surface area (Å²) in [5.41, 5.74) is 5.81. The van der Waals surface area contributed by atoms with Gasteiger partial charge in [0.2, 0.25) is 10.0 Å². The van der Waals surface area contributed by atoms with Crippen LogP contribution in [0.1, 0.15) is 25.7 Å². The van der Waals surface area contributed by atoms with Gasteiger partial charge in [-0.15, -0.1) is 0 Å². The summed E-state index contributed by atoms with van der Waals surface area (Å²) in [7, 11) is -3.52. The Bertz CT molecular complexity index is 557. The third-order valence-electron chi connectivity index (χ3n) is 3.28. The van der Waals surface area contributed by atoms with Crippen molar-refractivity contribution < 1.29 is 8.42 Å². The number of hydrogen-bond acceptors (Lipinski definition) is 3. The van der Waals surface area contributed by atoms with E-state index in [1.807, 2.05) is 0 Å². The highest BCUT2D eigenvalue weighted by Gasteiger charge is 2.25. The van der Waals surface area contributed by atoms with Crippen LogP contribution in [0.15, 0.2) is 27.6 Å². The number of nitrogens with two attached hydrogens (primary N) is 1. The van der Waals surface area contributed by atoms with Crippen molar-refractivity contribution in [3.63, 3.8) is 0 Å². The van der Waals surface area contributed by atoms with E-state index in [9.17, 15) is 8.42 Å². The molecule has 106 valence electrons. The van der Waals surface area contributed by atoms with Crippen LogP contribution in [0.4, 0.5) is 0 Å². The van der Waals surface area contributed by atoms with Gasteiger partial charge in [-0.1, -0.05) is 11.6 Å². The maximum Gasteiger partial charge on any atom is 0.241 e. The Hall–Kier alpha value is -0.140. The molecule has 0 heterocycles. The summed E-state index contributed by atoms with van der Waals surface area (Å²) in [6.07, 6.45) is 3.28. The van der Waals surface area contributed by atoms with E-state index < -0.39 is 10.0 Å². The van der Waals surface area contributed by atoms with Crippen molar-refractivity contribution in [2.45, 2.75) is 42.7 Å². The molecule has 2 rings (SSSR count). The van der Waals surface area contributed by atoms with Crippen molar-refractivity contribution in [1.82, 2.24) is 4.72 Å². The zero-order chi connectivity index (χ0) is 14.0. The average molecular weight is 368 g/mol. The van der Waals surface area contributed by atoms with E-state index in [1.54, 1.807) is 12.1 Å². The highest BCUT2D eigenvalue weighted by molar-refractivity contribution is 9.10. The van der Waals surface area contributed by atoms with Gasteiger partial charge in [-0.05, 0) is 59.8 Å². The maximum absolute atomic E-state index is 12.3. The predicted molar refractivity (Wildman–Crippen MR) is 79.7 cm³/mol. The number of halogens is 2. The van der Waals surface area contributed by atoms with Crippen LogP contribution in [0.25, 0.3) is 0 Å². The van der Waals surface area contributed by atoms with Crippen LogP contribution >= 0.6 is 27.5 Å². The SMILES string of the molecule is NC1CCC(NS(=O)(=O)c2ccc(Cl)cc2Br)CC1. The van der Waals surface area contributed by atoms with Gasteiger partial charge in [0.05, 0.1) is 4.90 Å². The largest absolute Gasteiger partial charge is 0.328 e. The molecule has 0 aliphatic heterocycles. The van der Waals surface area contributed by atoms with Gasteiger partial charge >= 0.3 is 0 Å². The fourth-order valence-corrected chi connectivity index (χ4v) is 4.90. The lowest BCUT2D eigenvalue weighted by molar-refractivity contribution is 0.373. The minimum absolute atomic E-state index is 0.0348. The van der Waals surface area contributed by atoms with E-state index in [0.717, 1.165) is 25.7 Å². The molecule has 1 aromatic carbocycles. The molecule has 0 atom stereocenters. The van der Waals surface area contributed by atoms with Crippen molar-refractivity contribution in [3.8, 4) is 0 Å². The molecule has 1 saturated carbocycles. The molecule has 4 nitrogen and oxygen atoms in total. The first-order valence-corrected chi connectivity index (χ1v) is 8.77. The zero-order valence-electron chi connectivity index (χ0n) is 10.3. The number of rotatable bonds is 3. The van der Waals surface area contributed by atoms with E-state index in [0.29, 0.717) is 9.50 Å². The van der Waals surface area contributed by atoms with E-state index in [4.69, 9.17) is 17.3 Å². The Morgan fingerprint density at radius 3 is 2.47 bits per heavy atom. The quantitative estimate of drug-likeness (QED) is 0.862. The van der Waals surface area contributed by atoms with Gasteiger partial charge in [0.15, 0.2) is 0 Å². The number of sulfonamides is 1. The Morgan fingerprint density at radius 2 is 1.89 bits per heavy atom. The molecular formula is C12H16BrClN2O2S. The molecule has 1 fully saturated rings.